The number of carbonyl (C=O) groups excluding carboxylic acids is 1. The average Bonchev–Trinajstić information content (AvgIpc) is 3.29. The van der Waals surface area contributed by atoms with Crippen LogP contribution in [0.2, 0.25) is 0 Å². The van der Waals surface area contributed by atoms with Crippen LogP contribution in [-0.2, 0) is 36.8 Å². The second kappa shape index (κ2) is 12.9. The number of imidazole rings is 1. The van der Waals surface area contributed by atoms with Gasteiger partial charge in [0.25, 0.3) is 0 Å². The van der Waals surface area contributed by atoms with E-state index in [2.05, 4.69) is 31.0 Å². The van der Waals surface area contributed by atoms with E-state index in [1.54, 1.807) is 0 Å². The van der Waals surface area contributed by atoms with Crippen LogP contribution in [0.4, 0.5) is 15.9 Å². The molecule has 5 rings (SSSR count). The molecule has 2 aliphatic heterocycles. The molecule has 10 nitrogen and oxygen atoms in total. The Labute approximate surface area is 240 Å². The van der Waals surface area contributed by atoms with Gasteiger partial charge in [0, 0.05) is 51.1 Å². The van der Waals surface area contributed by atoms with Gasteiger partial charge in [-0.25, -0.2) is 13.9 Å². The van der Waals surface area contributed by atoms with E-state index < -0.39 is 12.1 Å². The van der Waals surface area contributed by atoms with Gasteiger partial charge >= 0.3 is 5.97 Å². The number of fused-ring (bicyclic) bond motifs is 1. The summed E-state index contributed by atoms with van der Waals surface area (Å²) < 4.78 is 39.9. The zero-order chi connectivity index (χ0) is 29.0. The number of hydrogen-bond acceptors (Lipinski definition) is 9. The van der Waals surface area contributed by atoms with E-state index in [0.29, 0.717) is 49.6 Å². The van der Waals surface area contributed by atoms with E-state index in [1.165, 1.54) is 6.92 Å². The van der Waals surface area contributed by atoms with E-state index in [0.717, 1.165) is 55.1 Å². The molecular formula is C30H42FN5O5. The summed E-state index contributed by atoms with van der Waals surface area (Å²) in [5.74, 6) is 0.393. The molecular weight excluding hydrogens is 529 g/mol. The Hall–Kier alpha value is -3.02. The minimum Gasteiger partial charge on any atom is -0.459 e. The Kier molecular flexibility index (Phi) is 9.25. The van der Waals surface area contributed by atoms with Crippen LogP contribution in [0, 0.1) is 0 Å². The Morgan fingerprint density at radius 3 is 2.71 bits per heavy atom. The lowest BCUT2D eigenvalue weighted by Gasteiger charge is -2.29. The van der Waals surface area contributed by atoms with Gasteiger partial charge in [-0.3, -0.25) is 4.79 Å². The number of esters is 1. The fourth-order valence-corrected chi connectivity index (χ4v) is 5.34. The Morgan fingerprint density at radius 2 is 2.00 bits per heavy atom. The monoisotopic (exact) mass is 571 g/mol. The largest absolute Gasteiger partial charge is 0.459 e. The lowest BCUT2D eigenvalue weighted by atomic mass is 9.93. The molecule has 0 amide bonds. The first kappa shape index (κ1) is 29.5. The second-order valence-corrected chi connectivity index (χ2v) is 11.9. The molecule has 1 N–H and O–H groups in total. The van der Waals surface area contributed by atoms with Crippen molar-refractivity contribution in [1.82, 2.24) is 14.6 Å². The van der Waals surface area contributed by atoms with Gasteiger partial charge in [-0.05, 0) is 51.2 Å². The summed E-state index contributed by atoms with van der Waals surface area (Å²) in [7, 11) is 0. The normalized spacial score (nSPS) is 21.9. The number of allylic oxidation sites excluding steroid dienone is 3. The van der Waals surface area contributed by atoms with Gasteiger partial charge in [-0.2, -0.15) is 0 Å². The van der Waals surface area contributed by atoms with Crippen molar-refractivity contribution in [3.05, 3.63) is 40.8 Å². The molecule has 1 aliphatic carbocycles. The predicted molar refractivity (Wildman–Crippen MR) is 154 cm³/mol. The van der Waals surface area contributed by atoms with E-state index in [4.69, 9.17) is 29.0 Å². The maximum Gasteiger partial charge on any atom is 0.303 e. The van der Waals surface area contributed by atoms with Crippen molar-refractivity contribution in [3.63, 3.8) is 0 Å². The smallest absolute Gasteiger partial charge is 0.303 e. The van der Waals surface area contributed by atoms with Crippen molar-refractivity contribution >= 4 is 23.1 Å². The molecule has 0 spiro atoms. The first-order chi connectivity index (χ1) is 19.7. The first-order valence-corrected chi connectivity index (χ1v) is 14.6. The molecule has 2 unspecified atom stereocenters. The van der Waals surface area contributed by atoms with Crippen LogP contribution in [0.1, 0.15) is 64.8 Å². The number of hydrogen-bond donors (Lipinski definition) is 1. The van der Waals surface area contributed by atoms with Gasteiger partial charge in [0.05, 0.1) is 31.2 Å². The number of rotatable bonds is 9. The average molecular weight is 572 g/mol. The summed E-state index contributed by atoms with van der Waals surface area (Å²) in [5, 5.41) is 8.59. The highest BCUT2D eigenvalue weighted by Gasteiger charge is 2.27. The third-order valence-corrected chi connectivity index (χ3v) is 7.38. The molecule has 2 saturated heterocycles. The molecule has 2 fully saturated rings. The number of carbonyl (C=O) groups is 1. The van der Waals surface area contributed by atoms with Crippen LogP contribution >= 0.6 is 0 Å². The van der Waals surface area contributed by atoms with Crippen LogP contribution in [0.15, 0.2) is 29.4 Å². The zero-order valence-corrected chi connectivity index (χ0v) is 24.6. The van der Waals surface area contributed by atoms with Crippen molar-refractivity contribution in [2.75, 3.05) is 49.7 Å². The van der Waals surface area contributed by atoms with E-state index in [9.17, 15) is 4.79 Å². The topological polar surface area (TPSA) is 99.5 Å². The van der Waals surface area contributed by atoms with Gasteiger partial charge in [-0.1, -0.05) is 12.2 Å². The third-order valence-electron chi connectivity index (χ3n) is 7.38. The minimum atomic E-state index is -1.15. The summed E-state index contributed by atoms with van der Waals surface area (Å²) in [4.78, 5) is 18.9. The number of morpholine rings is 1. The van der Waals surface area contributed by atoms with Crippen LogP contribution in [0.3, 0.4) is 0 Å². The van der Waals surface area contributed by atoms with E-state index >= 15 is 4.39 Å². The summed E-state index contributed by atoms with van der Waals surface area (Å²) >= 11 is 0. The van der Waals surface area contributed by atoms with Crippen LogP contribution in [0.5, 0.6) is 0 Å². The Balaban J connectivity index is 1.57. The van der Waals surface area contributed by atoms with Crippen molar-refractivity contribution in [2.24, 2.45) is 0 Å². The molecule has 0 radical (unpaired) electrons. The summed E-state index contributed by atoms with van der Waals surface area (Å²) in [6, 6.07) is 2.01. The molecule has 41 heavy (non-hydrogen) atoms. The van der Waals surface area contributed by atoms with E-state index in [1.807, 2.05) is 22.7 Å². The molecule has 2 atom stereocenters. The quantitative estimate of drug-likeness (QED) is 0.436. The van der Waals surface area contributed by atoms with Crippen molar-refractivity contribution in [3.8, 4) is 0 Å². The number of nitrogens with zero attached hydrogens (tertiary/aromatic N) is 4. The first-order valence-electron chi connectivity index (χ1n) is 14.6. The van der Waals surface area contributed by atoms with Gasteiger partial charge < -0.3 is 29.2 Å². The highest BCUT2D eigenvalue weighted by Crippen LogP contribution is 2.31. The molecule has 4 heterocycles. The van der Waals surface area contributed by atoms with Gasteiger partial charge in [0.2, 0.25) is 0 Å². The molecule has 224 valence electrons. The maximum atomic E-state index is 15.3. The number of aromatic nitrogens is 3. The molecule has 11 heteroatoms. The van der Waals surface area contributed by atoms with Gasteiger partial charge in [0.15, 0.2) is 17.8 Å². The number of halogens is 1. The molecule has 2 aromatic rings. The second-order valence-electron chi connectivity index (χ2n) is 11.9. The van der Waals surface area contributed by atoms with Crippen molar-refractivity contribution in [1.29, 1.82) is 0 Å². The lowest BCUT2D eigenvalue weighted by molar-refractivity contribution is -0.157. The van der Waals surface area contributed by atoms with Crippen LogP contribution in [-0.4, -0.2) is 78.1 Å². The highest BCUT2D eigenvalue weighted by molar-refractivity contribution is 5.73. The standard InChI is InChI=1S/C30H42FN5O5/c1-20(37)40-19-25-26(16-21-8-7-9-23(31)22(21)18-41-28-10-5-6-13-39-28)36-29(32-25)24(33-30(2,3)4)17-27(34-36)35-11-14-38-15-12-35/h7-8,17,23,28,33H,5-6,9-16,18-19H2,1-4H3. The number of ether oxygens (including phenoxy) is 4. The highest BCUT2D eigenvalue weighted by atomic mass is 19.1. The Morgan fingerprint density at radius 1 is 1.20 bits per heavy atom. The van der Waals surface area contributed by atoms with Gasteiger partial charge in [-0.15, -0.1) is 5.10 Å². The zero-order valence-electron chi connectivity index (χ0n) is 24.6. The van der Waals surface area contributed by atoms with Crippen LogP contribution < -0.4 is 10.2 Å². The predicted octanol–water partition coefficient (Wildman–Crippen LogP) is 4.52. The lowest BCUT2D eigenvalue weighted by Crippen LogP contribution is -2.37. The number of nitrogens with one attached hydrogen (secondary N) is 1. The van der Waals surface area contributed by atoms with Crippen LogP contribution in [0.25, 0.3) is 5.65 Å². The summed E-state index contributed by atoms with van der Waals surface area (Å²) in [6.45, 7) is 11.1. The SMILES string of the molecule is CC(=O)OCc1nc2c(NC(C)(C)C)cc(N3CCOCC3)nn2c1CC1=C(COC2CCCCO2)C(F)CC=C1. The Bertz CT molecular complexity index is 1290. The fourth-order valence-electron chi connectivity index (χ4n) is 5.34. The molecule has 0 aromatic carbocycles. The van der Waals surface area contributed by atoms with Gasteiger partial charge in [0.1, 0.15) is 18.5 Å². The summed E-state index contributed by atoms with van der Waals surface area (Å²) in [6.07, 6.45) is 5.90. The molecule has 0 bridgehead atoms. The van der Waals surface area contributed by atoms with Crippen molar-refractivity contribution in [2.45, 2.75) is 84.4 Å². The molecule has 0 saturated carbocycles. The minimum absolute atomic E-state index is 0.00628. The van der Waals surface area contributed by atoms with E-state index in [-0.39, 0.29) is 25.0 Å². The third kappa shape index (κ3) is 7.44. The maximum absolute atomic E-state index is 15.3. The molecule has 3 aliphatic rings. The van der Waals surface area contributed by atoms with Crippen molar-refractivity contribution < 1.29 is 28.1 Å². The number of anilines is 2. The summed E-state index contributed by atoms with van der Waals surface area (Å²) in [5.41, 5.74) is 3.95. The molecule has 2 aromatic heterocycles. The number of alkyl halides is 1. The fraction of sp³-hybridized carbons (Fsp3) is 0.633.